The first-order chi connectivity index (χ1) is 9.07. The molecule has 0 aliphatic heterocycles. The molecule has 0 aromatic carbocycles. The van der Waals surface area contributed by atoms with Gasteiger partial charge in [-0.3, -0.25) is 4.79 Å². The Morgan fingerprint density at radius 1 is 1.35 bits per heavy atom. The highest BCUT2D eigenvalue weighted by Gasteiger charge is 2.32. The van der Waals surface area contributed by atoms with Gasteiger partial charge in [-0.2, -0.15) is 13.2 Å². The lowest BCUT2D eigenvalue weighted by Gasteiger charge is -2.29. The summed E-state index contributed by atoms with van der Waals surface area (Å²) < 4.78 is 65.8. The van der Waals surface area contributed by atoms with Crippen molar-refractivity contribution in [1.29, 1.82) is 0 Å². The predicted octanol–water partition coefficient (Wildman–Crippen LogP) is 0.881. The molecule has 20 heavy (non-hydrogen) atoms. The molecule has 6 nitrogen and oxygen atoms in total. The molecule has 1 fully saturated rings. The number of ether oxygens (including phenoxy) is 1. The van der Waals surface area contributed by atoms with E-state index in [9.17, 15) is 26.4 Å². The molecule has 1 aliphatic rings. The van der Waals surface area contributed by atoms with Crippen molar-refractivity contribution in [1.82, 2.24) is 4.72 Å². The van der Waals surface area contributed by atoms with E-state index < -0.39 is 46.7 Å². The number of rotatable bonds is 6. The maximum atomic E-state index is 12.0. The normalized spacial score (nSPS) is 24.6. The largest absolute Gasteiger partial charge is 0.480 e. The van der Waals surface area contributed by atoms with Gasteiger partial charge < -0.3 is 9.84 Å². The summed E-state index contributed by atoms with van der Waals surface area (Å²) in [7, 11) is -3.97. The van der Waals surface area contributed by atoms with Crippen molar-refractivity contribution in [2.45, 2.75) is 44.0 Å². The van der Waals surface area contributed by atoms with E-state index in [0.29, 0.717) is 19.3 Å². The topological polar surface area (TPSA) is 92.7 Å². The summed E-state index contributed by atoms with van der Waals surface area (Å²) >= 11 is 0. The third-order valence-electron chi connectivity index (χ3n) is 2.77. The van der Waals surface area contributed by atoms with Crippen LogP contribution in [0.4, 0.5) is 13.2 Å². The molecule has 0 bridgehead atoms. The average molecular weight is 319 g/mol. The Morgan fingerprint density at radius 3 is 2.55 bits per heavy atom. The number of hydrogen-bond donors (Lipinski definition) is 2. The highest BCUT2D eigenvalue weighted by Crippen LogP contribution is 2.24. The summed E-state index contributed by atoms with van der Waals surface area (Å²) in [5.74, 6) is -2.55. The lowest BCUT2D eigenvalue weighted by molar-refractivity contribution is -0.188. The molecule has 0 saturated heterocycles. The minimum atomic E-state index is -4.42. The molecule has 0 spiro atoms. The zero-order valence-electron chi connectivity index (χ0n) is 10.5. The predicted molar refractivity (Wildman–Crippen MR) is 62.6 cm³/mol. The van der Waals surface area contributed by atoms with Gasteiger partial charge in [0.25, 0.3) is 0 Å². The summed E-state index contributed by atoms with van der Waals surface area (Å²) in [5, 5.41) is 8.44. The van der Waals surface area contributed by atoms with Crippen LogP contribution in [0.15, 0.2) is 0 Å². The third kappa shape index (κ3) is 7.06. The Labute approximate surface area is 114 Å². The van der Waals surface area contributed by atoms with Crippen LogP contribution in [0.25, 0.3) is 0 Å². The number of alkyl halides is 3. The van der Waals surface area contributed by atoms with E-state index in [1.165, 1.54) is 0 Å². The summed E-state index contributed by atoms with van der Waals surface area (Å²) in [6, 6.07) is -0.591. The number of carboxylic acids is 1. The van der Waals surface area contributed by atoms with Gasteiger partial charge in [0.15, 0.2) is 5.75 Å². The minimum Gasteiger partial charge on any atom is -0.480 e. The van der Waals surface area contributed by atoms with Crippen molar-refractivity contribution < 1.29 is 36.2 Å². The molecule has 118 valence electrons. The van der Waals surface area contributed by atoms with Crippen LogP contribution in [0.5, 0.6) is 0 Å². The number of halogens is 3. The van der Waals surface area contributed by atoms with E-state index in [0.717, 1.165) is 0 Å². The van der Waals surface area contributed by atoms with E-state index in [2.05, 4.69) is 4.72 Å². The molecule has 0 aromatic rings. The van der Waals surface area contributed by atoms with Crippen LogP contribution in [0.1, 0.15) is 25.7 Å². The molecule has 1 saturated carbocycles. The smallest absolute Gasteiger partial charge is 0.411 e. The average Bonchev–Trinajstić information content (AvgIpc) is 2.23. The Kier molecular flexibility index (Phi) is 5.78. The van der Waals surface area contributed by atoms with Gasteiger partial charge in [0.2, 0.25) is 10.0 Å². The summed E-state index contributed by atoms with van der Waals surface area (Å²) in [6.07, 6.45) is -3.60. The number of sulfonamides is 1. The van der Waals surface area contributed by atoms with E-state index in [4.69, 9.17) is 9.84 Å². The van der Waals surface area contributed by atoms with E-state index >= 15 is 0 Å². The molecule has 1 rings (SSSR count). The van der Waals surface area contributed by atoms with Gasteiger partial charge >= 0.3 is 12.1 Å². The van der Waals surface area contributed by atoms with Crippen molar-refractivity contribution in [3.8, 4) is 0 Å². The first-order valence-electron chi connectivity index (χ1n) is 5.97. The fourth-order valence-corrected chi connectivity index (χ4v) is 3.20. The third-order valence-corrected chi connectivity index (χ3v) is 4.09. The molecule has 0 aromatic heterocycles. The van der Waals surface area contributed by atoms with Crippen molar-refractivity contribution in [2.24, 2.45) is 0 Å². The van der Waals surface area contributed by atoms with Crippen molar-refractivity contribution in [3.63, 3.8) is 0 Å². The lowest BCUT2D eigenvalue weighted by Crippen LogP contribution is -2.43. The fourth-order valence-electron chi connectivity index (χ4n) is 2.07. The molecule has 0 amide bonds. The standard InChI is InChI=1S/C10H16F3NO5S/c11-10(12,13)6-19-8-3-1-2-7(4-8)14-20(17,18)5-9(15)16/h7-8,14H,1-6H2,(H,15,16). The Hall–Kier alpha value is -0.870. The second kappa shape index (κ2) is 6.72. The number of carbonyl (C=O) groups is 1. The Morgan fingerprint density at radius 2 is 2.00 bits per heavy atom. The first kappa shape index (κ1) is 17.2. The Balaban J connectivity index is 2.47. The van der Waals surface area contributed by atoms with Crippen LogP contribution in [-0.2, 0) is 19.6 Å². The molecule has 1 aliphatic carbocycles. The summed E-state index contributed by atoms with van der Waals surface area (Å²) in [5.41, 5.74) is 0. The van der Waals surface area contributed by atoms with Crippen LogP contribution in [0, 0.1) is 0 Å². The van der Waals surface area contributed by atoms with Crippen LogP contribution >= 0.6 is 0 Å². The van der Waals surface area contributed by atoms with Crippen LogP contribution in [0.3, 0.4) is 0 Å². The van der Waals surface area contributed by atoms with E-state index in [1.807, 2.05) is 0 Å². The highest BCUT2D eigenvalue weighted by molar-refractivity contribution is 7.90. The van der Waals surface area contributed by atoms with Crippen molar-refractivity contribution >= 4 is 16.0 Å². The van der Waals surface area contributed by atoms with Gasteiger partial charge in [-0.1, -0.05) is 0 Å². The maximum Gasteiger partial charge on any atom is 0.411 e. The van der Waals surface area contributed by atoms with Crippen LogP contribution in [-0.4, -0.2) is 50.2 Å². The number of hydrogen-bond acceptors (Lipinski definition) is 4. The van der Waals surface area contributed by atoms with Gasteiger partial charge in [0, 0.05) is 6.04 Å². The quantitative estimate of drug-likeness (QED) is 0.758. The molecule has 2 unspecified atom stereocenters. The van der Waals surface area contributed by atoms with E-state index in [1.54, 1.807) is 0 Å². The number of nitrogens with one attached hydrogen (secondary N) is 1. The van der Waals surface area contributed by atoms with Crippen LogP contribution < -0.4 is 4.72 Å². The number of carboxylic acid groups (broad SMARTS) is 1. The maximum absolute atomic E-state index is 12.0. The second-order valence-corrected chi connectivity index (χ2v) is 6.44. The second-order valence-electron chi connectivity index (χ2n) is 4.68. The fraction of sp³-hybridized carbons (Fsp3) is 0.900. The highest BCUT2D eigenvalue weighted by atomic mass is 32.2. The Bertz CT molecular complexity index is 437. The SMILES string of the molecule is O=C(O)CS(=O)(=O)NC1CCCC(OCC(F)(F)F)C1. The monoisotopic (exact) mass is 319 g/mol. The van der Waals surface area contributed by atoms with Gasteiger partial charge in [0.05, 0.1) is 6.10 Å². The zero-order chi connectivity index (χ0) is 15.4. The molecule has 10 heteroatoms. The molecule has 0 radical (unpaired) electrons. The summed E-state index contributed by atoms with van der Waals surface area (Å²) in [6.45, 7) is -1.37. The van der Waals surface area contributed by atoms with Gasteiger partial charge in [-0.05, 0) is 25.7 Å². The van der Waals surface area contributed by atoms with Gasteiger partial charge in [0.1, 0.15) is 6.61 Å². The van der Waals surface area contributed by atoms with Crippen molar-refractivity contribution in [2.75, 3.05) is 12.4 Å². The van der Waals surface area contributed by atoms with Crippen LogP contribution in [0.2, 0.25) is 0 Å². The zero-order valence-corrected chi connectivity index (χ0v) is 11.3. The lowest BCUT2D eigenvalue weighted by atomic mass is 9.93. The molecule has 2 atom stereocenters. The molecular weight excluding hydrogens is 303 g/mol. The number of aliphatic carboxylic acids is 1. The molecule has 0 heterocycles. The summed E-state index contributed by atoms with van der Waals surface area (Å²) in [4.78, 5) is 10.4. The first-order valence-corrected chi connectivity index (χ1v) is 7.63. The minimum absolute atomic E-state index is 0.106. The van der Waals surface area contributed by atoms with Gasteiger partial charge in [-0.25, -0.2) is 13.1 Å². The molecule has 2 N–H and O–H groups in total. The molecular formula is C10H16F3NO5S. The van der Waals surface area contributed by atoms with E-state index in [-0.39, 0.29) is 6.42 Å². The van der Waals surface area contributed by atoms with Crippen molar-refractivity contribution in [3.05, 3.63) is 0 Å². The van der Waals surface area contributed by atoms with Gasteiger partial charge in [-0.15, -0.1) is 0 Å².